The number of nitrogens with two attached hydrogens (primary N) is 1. The van der Waals surface area contributed by atoms with Gasteiger partial charge < -0.3 is 15.4 Å². The van der Waals surface area contributed by atoms with Crippen LogP contribution in [0, 0.1) is 0 Å². The molecule has 1 atom stereocenters. The second-order valence-corrected chi connectivity index (χ2v) is 4.58. The van der Waals surface area contributed by atoms with E-state index < -0.39 is 0 Å². The van der Waals surface area contributed by atoms with Crippen LogP contribution in [0.2, 0.25) is 5.02 Å². The van der Waals surface area contributed by atoms with E-state index in [1.54, 1.807) is 30.1 Å². The highest BCUT2D eigenvalue weighted by Gasteiger charge is 2.25. The summed E-state index contributed by atoms with van der Waals surface area (Å²) >= 11 is 6.02. The smallest absolute Gasteiger partial charge is 0.255 e. The number of anilines is 1. The van der Waals surface area contributed by atoms with Gasteiger partial charge in [0.1, 0.15) is 0 Å². The van der Waals surface area contributed by atoms with Crippen LogP contribution >= 0.6 is 24.0 Å². The number of nitrogens with zero attached hydrogens (tertiary/aromatic N) is 1. The highest BCUT2D eigenvalue weighted by molar-refractivity contribution is 6.34. The highest BCUT2D eigenvalue weighted by atomic mass is 35.5. The van der Waals surface area contributed by atoms with Gasteiger partial charge in [0.05, 0.1) is 23.2 Å². The summed E-state index contributed by atoms with van der Waals surface area (Å²) in [6, 6.07) is 5.06. The van der Waals surface area contributed by atoms with E-state index in [0.29, 0.717) is 29.5 Å². The normalized spacial score (nSPS) is 18.2. The molecular weight excluding hydrogens is 275 g/mol. The van der Waals surface area contributed by atoms with Crippen LogP contribution in [0.25, 0.3) is 0 Å². The summed E-state index contributed by atoms with van der Waals surface area (Å²) in [5.74, 6) is -0.0921. The van der Waals surface area contributed by atoms with Crippen LogP contribution in [0.5, 0.6) is 0 Å². The van der Waals surface area contributed by atoms with Crippen LogP contribution in [0.15, 0.2) is 18.2 Å². The fourth-order valence-corrected chi connectivity index (χ4v) is 2.16. The maximum Gasteiger partial charge on any atom is 0.255 e. The molecule has 1 heterocycles. The van der Waals surface area contributed by atoms with Gasteiger partial charge in [-0.3, -0.25) is 4.79 Å². The first-order valence-corrected chi connectivity index (χ1v) is 5.87. The molecule has 2 rings (SSSR count). The third-order valence-electron chi connectivity index (χ3n) is 3.00. The Bertz CT molecular complexity index is 434. The third-order valence-corrected chi connectivity index (χ3v) is 3.31. The number of hydrogen-bond acceptors (Lipinski definition) is 3. The lowest BCUT2D eigenvalue weighted by molar-refractivity contribution is 0.0711. The standard InChI is InChI=1S/C12H15ClN2O2.ClH/c1-15(9-4-5-17-7-9)12(16)10-3-2-8(14)6-11(10)13;/h2-3,6,9H,4-5,7,14H2,1H3;1H. The van der Waals surface area contributed by atoms with Gasteiger partial charge in [0.2, 0.25) is 0 Å². The van der Waals surface area contributed by atoms with Gasteiger partial charge in [-0.25, -0.2) is 0 Å². The Morgan fingerprint density at radius 1 is 1.56 bits per heavy atom. The van der Waals surface area contributed by atoms with Crippen LogP contribution in [0.3, 0.4) is 0 Å². The summed E-state index contributed by atoms with van der Waals surface area (Å²) in [5.41, 5.74) is 6.63. The number of amides is 1. The van der Waals surface area contributed by atoms with Crippen molar-refractivity contribution in [3.63, 3.8) is 0 Å². The number of likely N-dealkylation sites (N-methyl/N-ethyl adjacent to an activating group) is 1. The van der Waals surface area contributed by atoms with Crippen molar-refractivity contribution in [1.82, 2.24) is 4.90 Å². The Morgan fingerprint density at radius 3 is 2.83 bits per heavy atom. The molecule has 1 unspecified atom stereocenters. The molecule has 1 saturated heterocycles. The minimum atomic E-state index is -0.0921. The fourth-order valence-electron chi connectivity index (χ4n) is 1.89. The molecule has 0 spiro atoms. The number of rotatable bonds is 2. The predicted octanol–water partition coefficient (Wildman–Crippen LogP) is 2.20. The Hall–Kier alpha value is -0.970. The molecular formula is C12H16Cl2N2O2. The van der Waals surface area contributed by atoms with Crippen molar-refractivity contribution in [1.29, 1.82) is 0 Å². The molecule has 0 aromatic heterocycles. The first kappa shape index (κ1) is 15.1. The summed E-state index contributed by atoms with van der Waals surface area (Å²) in [5, 5.41) is 0.390. The zero-order chi connectivity index (χ0) is 12.4. The molecule has 1 fully saturated rings. The van der Waals surface area contributed by atoms with E-state index in [1.807, 2.05) is 0 Å². The first-order chi connectivity index (χ1) is 8.09. The van der Waals surface area contributed by atoms with Crippen LogP contribution in [-0.4, -0.2) is 37.1 Å². The van der Waals surface area contributed by atoms with Gasteiger partial charge in [0, 0.05) is 19.3 Å². The Balaban J connectivity index is 0.00000162. The number of halogens is 2. The van der Waals surface area contributed by atoms with Gasteiger partial charge in [-0.1, -0.05) is 11.6 Å². The lowest BCUT2D eigenvalue weighted by Crippen LogP contribution is -2.37. The van der Waals surface area contributed by atoms with Crippen molar-refractivity contribution in [3.05, 3.63) is 28.8 Å². The van der Waals surface area contributed by atoms with E-state index in [4.69, 9.17) is 22.1 Å². The van der Waals surface area contributed by atoms with E-state index in [-0.39, 0.29) is 24.4 Å². The summed E-state index contributed by atoms with van der Waals surface area (Å²) < 4.78 is 5.27. The Labute approximate surface area is 117 Å². The average molecular weight is 291 g/mol. The molecule has 0 bridgehead atoms. The molecule has 1 aliphatic rings. The molecule has 1 aromatic rings. The topological polar surface area (TPSA) is 55.6 Å². The van der Waals surface area contributed by atoms with E-state index in [0.717, 1.165) is 6.42 Å². The second-order valence-electron chi connectivity index (χ2n) is 4.17. The predicted molar refractivity (Wildman–Crippen MR) is 74.4 cm³/mol. The Morgan fingerprint density at radius 2 is 2.28 bits per heavy atom. The lowest BCUT2D eigenvalue weighted by Gasteiger charge is -2.23. The van der Waals surface area contributed by atoms with E-state index in [9.17, 15) is 4.79 Å². The molecule has 0 aliphatic carbocycles. The monoisotopic (exact) mass is 290 g/mol. The number of carbonyl (C=O) groups excluding carboxylic acids is 1. The summed E-state index contributed by atoms with van der Waals surface area (Å²) in [6.45, 7) is 1.30. The molecule has 1 amide bonds. The molecule has 0 radical (unpaired) electrons. The SMILES string of the molecule is CN(C(=O)c1ccc(N)cc1Cl)C1CCOC1.Cl. The highest BCUT2D eigenvalue weighted by Crippen LogP contribution is 2.22. The maximum atomic E-state index is 12.2. The number of nitrogen functional groups attached to an aromatic ring is 1. The minimum absolute atomic E-state index is 0. The average Bonchev–Trinajstić information content (AvgIpc) is 2.80. The first-order valence-electron chi connectivity index (χ1n) is 5.49. The van der Waals surface area contributed by atoms with E-state index in [2.05, 4.69) is 0 Å². The van der Waals surface area contributed by atoms with Crippen molar-refractivity contribution in [2.24, 2.45) is 0 Å². The zero-order valence-electron chi connectivity index (χ0n) is 10.1. The van der Waals surface area contributed by atoms with Crippen molar-refractivity contribution >= 4 is 35.6 Å². The second kappa shape index (κ2) is 6.27. The quantitative estimate of drug-likeness (QED) is 0.850. The summed E-state index contributed by atoms with van der Waals surface area (Å²) in [7, 11) is 1.77. The molecule has 4 nitrogen and oxygen atoms in total. The van der Waals surface area contributed by atoms with Gasteiger partial charge in [-0.15, -0.1) is 12.4 Å². The van der Waals surface area contributed by atoms with Crippen LogP contribution in [-0.2, 0) is 4.74 Å². The summed E-state index contributed by atoms with van der Waals surface area (Å²) in [6.07, 6.45) is 0.870. The number of hydrogen-bond donors (Lipinski definition) is 1. The largest absolute Gasteiger partial charge is 0.399 e. The molecule has 1 aromatic carbocycles. The molecule has 1 aliphatic heterocycles. The fraction of sp³-hybridized carbons (Fsp3) is 0.417. The van der Waals surface area contributed by atoms with Gasteiger partial charge in [0.25, 0.3) is 5.91 Å². The van der Waals surface area contributed by atoms with E-state index in [1.165, 1.54) is 0 Å². The minimum Gasteiger partial charge on any atom is -0.399 e. The van der Waals surface area contributed by atoms with Crippen LogP contribution < -0.4 is 5.73 Å². The van der Waals surface area contributed by atoms with Crippen molar-refractivity contribution in [2.75, 3.05) is 26.0 Å². The van der Waals surface area contributed by atoms with Crippen molar-refractivity contribution in [2.45, 2.75) is 12.5 Å². The molecule has 100 valence electrons. The molecule has 18 heavy (non-hydrogen) atoms. The third kappa shape index (κ3) is 3.07. The summed E-state index contributed by atoms with van der Waals surface area (Å²) in [4.78, 5) is 13.9. The van der Waals surface area contributed by atoms with E-state index >= 15 is 0 Å². The molecule has 0 saturated carbocycles. The van der Waals surface area contributed by atoms with Crippen molar-refractivity contribution in [3.8, 4) is 0 Å². The molecule has 2 N–H and O–H groups in total. The number of ether oxygens (including phenoxy) is 1. The maximum absolute atomic E-state index is 12.2. The number of benzene rings is 1. The molecule has 6 heteroatoms. The van der Waals surface area contributed by atoms with Crippen molar-refractivity contribution < 1.29 is 9.53 Å². The van der Waals surface area contributed by atoms with Gasteiger partial charge in [0.15, 0.2) is 0 Å². The van der Waals surface area contributed by atoms with Gasteiger partial charge in [-0.05, 0) is 24.6 Å². The van der Waals surface area contributed by atoms with Crippen LogP contribution in [0.4, 0.5) is 5.69 Å². The van der Waals surface area contributed by atoms with Gasteiger partial charge in [-0.2, -0.15) is 0 Å². The number of carbonyl (C=O) groups is 1. The Kier molecular flexibility index (Phi) is 5.26. The van der Waals surface area contributed by atoms with Crippen LogP contribution in [0.1, 0.15) is 16.8 Å². The lowest BCUT2D eigenvalue weighted by atomic mass is 10.1. The zero-order valence-corrected chi connectivity index (χ0v) is 11.6. The van der Waals surface area contributed by atoms with Gasteiger partial charge >= 0.3 is 0 Å².